The van der Waals surface area contributed by atoms with Gasteiger partial charge >= 0.3 is 0 Å². The Hall–Kier alpha value is 0.270. The fourth-order valence-electron chi connectivity index (χ4n) is 1.50. The van der Waals surface area contributed by atoms with E-state index in [0.29, 0.717) is 0 Å². The van der Waals surface area contributed by atoms with Gasteiger partial charge in [-0.3, -0.25) is 0 Å². The number of nitrogens with two attached hydrogens (primary N) is 1. The van der Waals surface area contributed by atoms with Crippen LogP contribution in [0.4, 0.5) is 0 Å². The lowest BCUT2D eigenvalue weighted by atomic mass is 10.0. The summed E-state index contributed by atoms with van der Waals surface area (Å²) in [7, 11) is 0. The molecular formula is C9H19NOS. The standard InChI is InChI=1S/C9H19NOS/c1-8(2,3)11-9(4-5-10)6-12-7-9/h4-7,10H2,1-3H3. The first-order valence-corrected chi connectivity index (χ1v) is 5.61. The first-order chi connectivity index (χ1) is 5.47. The second-order valence-electron chi connectivity index (χ2n) is 4.43. The first kappa shape index (κ1) is 10.4. The molecule has 0 aromatic heterocycles. The van der Waals surface area contributed by atoms with Crippen LogP contribution in [-0.4, -0.2) is 29.3 Å². The van der Waals surface area contributed by atoms with Gasteiger partial charge in [0.25, 0.3) is 0 Å². The highest BCUT2D eigenvalue weighted by molar-refractivity contribution is 8.00. The molecule has 0 aromatic rings. The van der Waals surface area contributed by atoms with Crippen LogP contribution in [0.5, 0.6) is 0 Å². The molecule has 2 N–H and O–H groups in total. The van der Waals surface area contributed by atoms with E-state index in [2.05, 4.69) is 20.8 Å². The molecule has 0 radical (unpaired) electrons. The van der Waals surface area contributed by atoms with Crippen LogP contribution in [0, 0.1) is 0 Å². The summed E-state index contributed by atoms with van der Waals surface area (Å²) in [6, 6.07) is 0. The van der Waals surface area contributed by atoms with E-state index in [1.807, 2.05) is 11.8 Å². The van der Waals surface area contributed by atoms with Gasteiger partial charge in [-0.15, -0.1) is 0 Å². The van der Waals surface area contributed by atoms with Crippen molar-refractivity contribution in [2.45, 2.75) is 38.4 Å². The summed E-state index contributed by atoms with van der Waals surface area (Å²) >= 11 is 1.94. The van der Waals surface area contributed by atoms with Gasteiger partial charge in [-0.25, -0.2) is 0 Å². The molecular weight excluding hydrogens is 170 g/mol. The smallest absolute Gasteiger partial charge is 0.0881 e. The molecule has 0 amide bonds. The zero-order valence-corrected chi connectivity index (χ0v) is 9.04. The molecule has 3 heteroatoms. The molecule has 1 rings (SSSR count). The van der Waals surface area contributed by atoms with E-state index in [1.54, 1.807) is 0 Å². The molecule has 12 heavy (non-hydrogen) atoms. The largest absolute Gasteiger partial charge is 0.368 e. The molecule has 72 valence electrons. The molecule has 2 nitrogen and oxygen atoms in total. The summed E-state index contributed by atoms with van der Waals surface area (Å²) in [6.07, 6.45) is 0.997. The van der Waals surface area contributed by atoms with Gasteiger partial charge in [0.2, 0.25) is 0 Å². The topological polar surface area (TPSA) is 35.2 Å². The molecule has 1 fully saturated rings. The third kappa shape index (κ3) is 2.64. The highest BCUT2D eigenvalue weighted by Crippen LogP contribution is 2.38. The van der Waals surface area contributed by atoms with Crippen molar-refractivity contribution in [3.05, 3.63) is 0 Å². The summed E-state index contributed by atoms with van der Waals surface area (Å²) in [5.41, 5.74) is 5.62. The first-order valence-electron chi connectivity index (χ1n) is 4.45. The fraction of sp³-hybridized carbons (Fsp3) is 1.00. The molecule has 0 aromatic carbocycles. The van der Waals surface area contributed by atoms with Crippen LogP contribution in [0.2, 0.25) is 0 Å². The van der Waals surface area contributed by atoms with Crippen molar-refractivity contribution in [2.24, 2.45) is 5.73 Å². The van der Waals surface area contributed by atoms with Crippen LogP contribution < -0.4 is 5.73 Å². The third-order valence-electron chi connectivity index (χ3n) is 1.85. The lowest BCUT2D eigenvalue weighted by Gasteiger charge is -2.45. The van der Waals surface area contributed by atoms with Crippen molar-refractivity contribution in [3.8, 4) is 0 Å². The zero-order chi connectivity index (χ0) is 9.24. The Morgan fingerprint density at radius 1 is 1.42 bits per heavy atom. The maximum Gasteiger partial charge on any atom is 0.0881 e. The minimum absolute atomic E-state index is 0.0316. The number of thioether (sulfide) groups is 1. The van der Waals surface area contributed by atoms with E-state index >= 15 is 0 Å². The number of hydrogen-bond acceptors (Lipinski definition) is 3. The van der Waals surface area contributed by atoms with Gasteiger partial charge in [0.05, 0.1) is 11.2 Å². The maximum atomic E-state index is 6.00. The minimum atomic E-state index is -0.0316. The lowest BCUT2D eigenvalue weighted by molar-refractivity contribution is -0.115. The van der Waals surface area contributed by atoms with Crippen molar-refractivity contribution in [1.29, 1.82) is 0 Å². The van der Waals surface area contributed by atoms with Gasteiger partial charge < -0.3 is 10.5 Å². The zero-order valence-electron chi connectivity index (χ0n) is 8.22. The normalized spacial score (nSPS) is 22.0. The van der Waals surface area contributed by atoms with Crippen LogP contribution in [0.1, 0.15) is 27.2 Å². The minimum Gasteiger partial charge on any atom is -0.368 e. The highest BCUT2D eigenvalue weighted by atomic mass is 32.2. The number of hydrogen-bond donors (Lipinski definition) is 1. The summed E-state index contributed by atoms with van der Waals surface area (Å²) < 4.78 is 6.00. The van der Waals surface area contributed by atoms with Crippen molar-refractivity contribution in [3.63, 3.8) is 0 Å². The van der Waals surface area contributed by atoms with E-state index in [0.717, 1.165) is 24.5 Å². The van der Waals surface area contributed by atoms with Crippen molar-refractivity contribution in [1.82, 2.24) is 0 Å². The van der Waals surface area contributed by atoms with E-state index < -0.39 is 0 Å². The molecule has 0 unspecified atom stereocenters. The van der Waals surface area contributed by atoms with Gasteiger partial charge in [-0.1, -0.05) is 0 Å². The van der Waals surface area contributed by atoms with Crippen molar-refractivity contribution in [2.75, 3.05) is 18.1 Å². The van der Waals surface area contributed by atoms with Gasteiger partial charge in [0.1, 0.15) is 0 Å². The summed E-state index contributed by atoms with van der Waals surface area (Å²) in [5.74, 6) is 2.23. The predicted octanol–water partition coefficient (Wildman–Crippen LogP) is 1.64. The lowest BCUT2D eigenvalue weighted by Crippen LogP contribution is -2.51. The second-order valence-corrected chi connectivity index (χ2v) is 5.41. The van der Waals surface area contributed by atoms with Crippen molar-refractivity contribution >= 4 is 11.8 Å². The van der Waals surface area contributed by atoms with Crippen LogP contribution in [-0.2, 0) is 4.74 Å². The number of rotatable bonds is 3. The van der Waals surface area contributed by atoms with Crippen molar-refractivity contribution < 1.29 is 4.74 Å². The van der Waals surface area contributed by atoms with Gasteiger partial charge in [0.15, 0.2) is 0 Å². The Bertz CT molecular complexity index is 149. The molecule has 1 heterocycles. The molecule has 0 atom stereocenters. The molecule has 1 saturated heterocycles. The maximum absolute atomic E-state index is 6.00. The molecule has 0 spiro atoms. The van der Waals surface area contributed by atoms with E-state index in [9.17, 15) is 0 Å². The quantitative estimate of drug-likeness (QED) is 0.733. The molecule has 1 aliphatic heterocycles. The van der Waals surface area contributed by atoms with E-state index in [4.69, 9.17) is 10.5 Å². The molecule has 1 aliphatic rings. The summed E-state index contributed by atoms with van der Waals surface area (Å²) in [6.45, 7) is 7.05. The van der Waals surface area contributed by atoms with Gasteiger partial charge in [0, 0.05) is 11.5 Å². The Labute approximate surface area is 79.2 Å². The van der Waals surface area contributed by atoms with Crippen LogP contribution in [0.25, 0.3) is 0 Å². The fourth-order valence-corrected chi connectivity index (χ4v) is 2.56. The van der Waals surface area contributed by atoms with Crippen LogP contribution in [0.15, 0.2) is 0 Å². The second kappa shape index (κ2) is 3.56. The van der Waals surface area contributed by atoms with E-state index in [1.165, 1.54) is 0 Å². The van der Waals surface area contributed by atoms with E-state index in [-0.39, 0.29) is 11.2 Å². The SMILES string of the molecule is CC(C)(C)OC1(CCN)CSC1. The summed E-state index contributed by atoms with van der Waals surface area (Å²) in [4.78, 5) is 0. The Morgan fingerprint density at radius 3 is 2.25 bits per heavy atom. The Morgan fingerprint density at radius 2 is 2.00 bits per heavy atom. The molecule has 0 saturated carbocycles. The average molecular weight is 189 g/mol. The Kier molecular flexibility index (Phi) is 3.07. The van der Waals surface area contributed by atoms with Crippen LogP contribution >= 0.6 is 11.8 Å². The van der Waals surface area contributed by atoms with Gasteiger partial charge in [-0.2, -0.15) is 11.8 Å². The monoisotopic (exact) mass is 189 g/mol. The molecule has 0 aliphatic carbocycles. The average Bonchev–Trinajstić information content (AvgIpc) is 1.80. The third-order valence-corrected chi connectivity index (χ3v) is 3.31. The molecule has 0 bridgehead atoms. The van der Waals surface area contributed by atoms with Crippen LogP contribution in [0.3, 0.4) is 0 Å². The Balaban J connectivity index is 2.45. The summed E-state index contributed by atoms with van der Waals surface area (Å²) in [5, 5.41) is 0. The van der Waals surface area contributed by atoms with Gasteiger partial charge in [-0.05, 0) is 33.7 Å². The highest BCUT2D eigenvalue weighted by Gasteiger charge is 2.41. The predicted molar refractivity (Wildman–Crippen MR) is 54.6 cm³/mol. The number of ether oxygens (including phenoxy) is 1.